The van der Waals surface area contributed by atoms with E-state index in [9.17, 15) is 43.2 Å². The minimum Gasteiger partial charge on any atom is -0.383 e. The van der Waals surface area contributed by atoms with Crippen LogP contribution in [0.5, 0.6) is 0 Å². The number of aliphatic hydroxyl groups excluding tert-OH is 2. The van der Waals surface area contributed by atoms with Crippen LogP contribution in [0.25, 0.3) is 0 Å². The third-order valence-corrected chi connectivity index (χ3v) is 6.09. The molecule has 0 unspecified atom stereocenters. The van der Waals surface area contributed by atoms with E-state index in [-0.39, 0.29) is 39.1 Å². The second-order valence-corrected chi connectivity index (χ2v) is 9.33. The van der Waals surface area contributed by atoms with E-state index in [1.807, 2.05) is 0 Å². The molecule has 3 saturated heterocycles. The van der Waals surface area contributed by atoms with Gasteiger partial charge in [-0.25, -0.2) is 14.4 Å². The van der Waals surface area contributed by atoms with Crippen molar-refractivity contribution >= 4 is 53.5 Å². The largest absolute Gasteiger partial charge is 0.383 e. The van der Waals surface area contributed by atoms with Gasteiger partial charge in [0, 0.05) is 28.3 Å². The Hall–Kier alpha value is -4.41. The maximum atomic E-state index is 11.9. The van der Waals surface area contributed by atoms with E-state index >= 15 is 0 Å². The van der Waals surface area contributed by atoms with E-state index in [1.54, 1.807) is 0 Å². The monoisotopic (exact) mass is 648 g/mol. The zero-order valence-electron chi connectivity index (χ0n) is 25.0. The summed E-state index contributed by atoms with van der Waals surface area (Å²) in [7, 11) is 5.67. The van der Waals surface area contributed by atoms with Gasteiger partial charge in [-0.3, -0.25) is 58.2 Å². The first kappa shape index (κ1) is 38.6. The number of imide groups is 6. The van der Waals surface area contributed by atoms with Crippen LogP contribution in [-0.4, -0.2) is 184 Å². The molecule has 12 amide bonds. The van der Waals surface area contributed by atoms with Crippen molar-refractivity contribution in [3.63, 3.8) is 0 Å². The highest BCUT2D eigenvalue weighted by Crippen LogP contribution is 2.13. The Balaban J connectivity index is 0.000000346. The van der Waals surface area contributed by atoms with Crippen molar-refractivity contribution in [3.8, 4) is 0 Å². The number of nitrogens with zero attached hydrogens (tertiary/aromatic N) is 6. The van der Waals surface area contributed by atoms with Gasteiger partial charge in [0.25, 0.3) is 0 Å². The highest BCUT2D eigenvalue weighted by molar-refractivity contribution is 6.15. The number of aliphatic hydroxyl groups is 4. The molecule has 3 aliphatic heterocycles. The molecule has 0 bridgehead atoms. The quantitative estimate of drug-likeness (QED) is 0.129. The summed E-state index contributed by atoms with van der Waals surface area (Å²) < 4.78 is 9.62. The highest BCUT2D eigenvalue weighted by atomic mass is 16.5. The van der Waals surface area contributed by atoms with Crippen molar-refractivity contribution in [2.75, 3.05) is 67.7 Å². The van der Waals surface area contributed by atoms with Crippen LogP contribution in [0.4, 0.5) is 14.4 Å². The van der Waals surface area contributed by atoms with E-state index in [1.165, 1.54) is 28.3 Å². The van der Waals surface area contributed by atoms with Gasteiger partial charge in [-0.2, -0.15) is 0 Å². The number of rotatable bonds is 10. The molecule has 4 N–H and O–H groups in total. The van der Waals surface area contributed by atoms with Crippen LogP contribution in [0.3, 0.4) is 0 Å². The van der Waals surface area contributed by atoms with Crippen LogP contribution in [0.15, 0.2) is 0 Å². The molecule has 252 valence electrons. The van der Waals surface area contributed by atoms with Crippen molar-refractivity contribution in [1.82, 2.24) is 29.4 Å². The Kier molecular flexibility index (Phi) is 15.3. The summed E-state index contributed by atoms with van der Waals surface area (Å²) >= 11 is 0. The lowest BCUT2D eigenvalue weighted by molar-refractivity contribution is -0.150. The Bertz CT molecular complexity index is 1100. The first-order chi connectivity index (χ1) is 21.0. The van der Waals surface area contributed by atoms with Crippen LogP contribution < -0.4 is 0 Å². The number of methoxy groups -OCH3 is 2. The fourth-order valence-corrected chi connectivity index (χ4v) is 3.66. The molecular weight excluding hydrogens is 612 g/mol. The topological polar surface area (TPSA) is 272 Å². The third-order valence-electron chi connectivity index (χ3n) is 6.09. The molecule has 0 radical (unpaired) electrons. The summed E-state index contributed by atoms with van der Waals surface area (Å²) in [6.45, 7) is -0.532. The Labute approximate surface area is 256 Å². The summed E-state index contributed by atoms with van der Waals surface area (Å²) in [5, 5.41) is 34.7. The van der Waals surface area contributed by atoms with E-state index in [0.29, 0.717) is 9.80 Å². The number of urea groups is 3. The molecule has 21 nitrogen and oxygen atoms in total. The predicted octanol–water partition coefficient (Wildman–Crippen LogP) is -4.32. The maximum absolute atomic E-state index is 11.9. The second-order valence-electron chi connectivity index (χ2n) is 9.33. The summed E-state index contributed by atoms with van der Waals surface area (Å²) in [6, 6.07) is -2.26. The molecule has 0 spiro atoms. The lowest BCUT2D eigenvalue weighted by atomic mass is 10.2. The lowest BCUT2D eigenvalue weighted by Gasteiger charge is -2.33. The number of carbonyl (C=O) groups is 9. The van der Waals surface area contributed by atoms with Gasteiger partial charge in [0.1, 0.15) is 19.3 Å². The summed E-state index contributed by atoms with van der Waals surface area (Å²) in [5.74, 6) is -3.58. The average molecular weight is 649 g/mol. The molecule has 45 heavy (non-hydrogen) atoms. The van der Waals surface area contributed by atoms with Gasteiger partial charge >= 0.3 is 18.1 Å². The zero-order chi connectivity index (χ0) is 34.6. The number of hydrogen-bond donors (Lipinski definition) is 4. The molecule has 3 fully saturated rings. The van der Waals surface area contributed by atoms with Crippen LogP contribution in [0, 0.1) is 0 Å². The highest BCUT2D eigenvalue weighted by Gasteiger charge is 2.39. The van der Waals surface area contributed by atoms with Crippen LogP contribution in [0.2, 0.25) is 0 Å². The average Bonchev–Trinajstić information content (AvgIpc) is 2.95. The van der Waals surface area contributed by atoms with Gasteiger partial charge < -0.3 is 29.9 Å². The molecule has 0 saturated carbocycles. The molecule has 0 atom stereocenters. The Morgan fingerprint density at radius 2 is 0.800 bits per heavy atom. The summed E-state index contributed by atoms with van der Waals surface area (Å²) in [6.07, 6.45) is -4.96. The normalized spacial score (nSPS) is 17.9. The smallest absolute Gasteiger partial charge is 0.333 e. The van der Waals surface area contributed by atoms with Gasteiger partial charge in [0.2, 0.25) is 35.4 Å². The number of β-amino-alcohol motifs (C(OH)–C–C–N with tert-alkyl or cyclic N) is 4. The fourth-order valence-electron chi connectivity index (χ4n) is 3.66. The fraction of sp³-hybridized carbons (Fsp3) is 0.625. The van der Waals surface area contributed by atoms with Crippen LogP contribution in [0.1, 0.15) is 19.3 Å². The molecule has 0 aromatic carbocycles. The predicted molar refractivity (Wildman–Crippen MR) is 143 cm³/mol. The molecule has 0 aromatic heterocycles. The van der Waals surface area contributed by atoms with E-state index < -0.39 is 85.6 Å². The van der Waals surface area contributed by atoms with Gasteiger partial charge in [-0.05, 0) is 0 Å². The number of carbonyl (C=O) groups excluding carboxylic acids is 9. The Morgan fingerprint density at radius 3 is 1.11 bits per heavy atom. The van der Waals surface area contributed by atoms with Crippen LogP contribution in [-0.2, 0) is 38.2 Å². The first-order valence-corrected chi connectivity index (χ1v) is 13.0. The van der Waals surface area contributed by atoms with E-state index in [2.05, 4.69) is 0 Å². The number of hydrogen-bond acceptors (Lipinski definition) is 15. The van der Waals surface area contributed by atoms with Gasteiger partial charge in [-0.15, -0.1) is 0 Å². The number of amides is 12. The molecule has 3 aliphatic rings. The molecule has 3 rings (SSSR count). The molecular formula is C24H36N6O15. The van der Waals surface area contributed by atoms with Crippen molar-refractivity contribution in [3.05, 3.63) is 0 Å². The summed E-state index contributed by atoms with van der Waals surface area (Å²) in [4.78, 5) is 106. The third kappa shape index (κ3) is 10.9. The van der Waals surface area contributed by atoms with Gasteiger partial charge in [0.05, 0.1) is 39.4 Å². The molecule has 0 aliphatic carbocycles. The lowest BCUT2D eigenvalue weighted by Crippen LogP contribution is -2.58. The Morgan fingerprint density at radius 1 is 0.511 bits per heavy atom. The zero-order valence-corrected chi connectivity index (χ0v) is 25.0. The minimum absolute atomic E-state index is 0.158. The van der Waals surface area contributed by atoms with E-state index in [0.717, 1.165) is 19.6 Å². The maximum Gasteiger partial charge on any atom is 0.333 e. The van der Waals surface area contributed by atoms with E-state index in [4.69, 9.17) is 29.9 Å². The molecule has 0 aromatic rings. The number of barbiturate groups is 3. The summed E-state index contributed by atoms with van der Waals surface area (Å²) in [5.41, 5.74) is 0. The van der Waals surface area contributed by atoms with Crippen LogP contribution >= 0.6 is 0 Å². The number of ether oxygens (including phenoxy) is 2. The first-order valence-electron chi connectivity index (χ1n) is 13.0. The van der Waals surface area contributed by atoms with Crippen molar-refractivity contribution in [2.45, 2.75) is 31.8 Å². The SMILES string of the molecule is CN1C(=O)CC(=O)N(C)C1=O.COCCN1C(=O)CC(=O)N(CCOC)C1=O.O=C1CC(=O)N(CC(O)O)C(=O)N1CC(O)O. The second kappa shape index (κ2) is 17.8. The van der Waals surface area contributed by atoms with Crippen molar-refractivity contribution in [1.29, 1.82) is 0 Å². The van der Waals surface area contributed by atoms with Gasteiger partial charge in [-0.1, -0.05) is 0 Å². The minimum atomic E-state index is -1.92. The van der Waals surface area contributed by atoms with Crippen molar-refractivity contribution < 1.29 is 73.1 Å². The molecule has 3 heterocycles. The van der Waals surface area contributed by atoms with Gasteiger partial charge in [0.15, 0.2) is 12.6 Å². The standard InChI is InChI=1S/C10H16N2O5.C8H12N2O7.C6H8N2O3/c1-16-5-3-11-8(13)7-9(14)12(10(11)15)4-6-17-2;11-4-1-5(12)10(3-7(15)16)8(17)9(4)2-6(13)14;1-7-4(9)3-5(10)8(2)6(7)11/h3-7H2,1-2H3;6-7,13-16H,1-3H2;3H2,1-2H3. The molecule has 21 heteroatoms. The van der Waals surface area contributed by atoms with Crippen molar-refractivity contribution in [2.24, 2.45) is 0 Å².